The van der Waals surface area contributed by atoms with Crippen LogP contribution < -0.4 is 16.2 Å². The molecule has 0 radical (unpaired) electrons. The van der Waals surface area contributed by atoms with E-state index in [4.69, 9.17) is 16.2 Å². The molecule has 0 spiro atoms. The summed E-state index contributed by atoms with van der Waals surface area (Å²) in [6.07, 6.45) is 3.18. The van der Waals surface area contributed by atoms with Crippen molar-refractivity contribution in [1.82, 2.24) is 0 Å². The Morgan fingerprint density at radius 2 is 1.70 bits per heavy atom. The molecule has 0 bridgehead atoms. The second kappa shape index (κ2) is 6.33. The standard InChI is InChI=1S/C17H22N2O/c1-3-4-5-15-16(19)11-10-14(17(15)20-2)12-6-8-13(18)9-7-12/h6-11H,3-5,18-19H2,1-2H3. The molecule has 0 aliphatic rings. The number of unbranched alkanes of at least 4 members (excludes halogenated alkanes) is 1. The molecule has 4 N–H and O–H groups in total. The minimum absolute atomic E-state index is 0.759. The summed E-state index contributed by atoms with van der Waals surface area (Å²) in [4.78, 5) is 0. The molecule has 3 nitrogen and oxygen atoms in total. The van der Waals surface area contributed by atoms with Crippen molar-refractivity contribution >= 4 is 11.4 Å². The first kappa shape index (κ1) is 14.3. The van der Waals surface area contributed by atoms with Gasteiger partial charge < -0.3 is 16.2 Å². The fourth-order valence-electron chi connectivity index (χ4n) is 2.38. The van der Waals surface area contributed by atoms with Crippen LogP contribution in [0.4, 0.5) is 11.4 Å². The van der Waals surface area contributed by atoms with Gasteiger partial charge in [-0.15, -0.1) is 0 Å². The van der Waals surface area contributed by atoms with Gasteiger partial charge in [0.05, 0.1) is 7.11 Å². The normalized spacial score (nSPS) is 10.5. The third kappa shape index (κ3) is 2.87. The van der Waals surface area contributed by atoms with E-state index in [1.807, 2.05) is 36.4 Å². The monoisotopic (exact) mass is 270 g/mol. The summed E-state index contributed by atoms with van der Waals surface area (Å²) < 4.78 is 5.63. The topological polar surface area (TPSA) is 61.3 Å². The lowest BCUT2D eigenvalue weighted by Crippen LogP contribution is -2.00. The Labute approximate surface area is 120 Å². The number of nitrogens with two attached hydrogens (primary N) is 2. The average molecular weight is 270 g/mol. The summed E-state index contributed by atoms with van der Waals surface area (Å²) in [6, 6.07) is 11.8. The van der Waals surface area contributed by atoms with Crippen LogP contribution >= 0.6 is 0 Å². The zero-order chi connectivity index (χ0) is 14.5. The Hall–Kier alpha value is -2.16. The zero-order valence-electron chi connectivity index (χ0n) is 12.1. The first-order chi connectivity index (χ1) is 9.67. The van der Waals surface area contributed by atoms with Gasteiger partial charge in [-0.05, 0) is 42.7 Å². The summed E-state index contributed by atoms with van der Waals surface area (Å²) >= 11 is 0. The van der Waals surface area contributed by atoms with Crippen molar-refractivity contribution in [3.8, 4) is 16.9 Å². The highest BCUT2D eigenvalue weighted by atomic mass is 16.5. The number of nitrogen functional groups attached to an aromatic ring is 2. The summed E-state index contributed by atoms with van der Waals surface area (Å²) in [5, 5.41) is 0. The number of methoxy groups -OCH3 is 1. The van der Waals surface area contributed by atoms with Gasteiger partial charge in [-0.1, -0.05) is 25.5 Å². The van der Waals surface area contributed by atoms with Gasteiger partial charge in [0.25, 0.3) is 0 Å². The smallest absolute Gasteiger partial charge is 0.131 e. The summed E-state index contributed by atoms with van der Waals surface area (Å²) in [5.41, 5.74) is 16.7. The number of ether oxygens (including phenoxy) is 1. The average Bonchev–Trinajstić information content (AvgIpc) is 2.46. The fourth-order valence-corrected chi connectivity index (χ4v) is 2.38. The van der Waals surface area contributed by atoms with E-state index in [9.17, 15) is 0 Å². The maximum Gasteiger partial charge on any atom is 0.131 e. The summed E-state index contributed by atoms with van der Waals surface area (Å²) in [5.74, 6) is 0.878. The fraction of sp³-hybridized carbons (Fsp3) is 0.294. The molecular weight excluding hydrogens is 248 g/mol. The minimum Gasteiger partial charge on any atom is -0.496 e. The number of benzene rings is 2. The van der Waals surface area contributed by atoms with Crippen LogP contribution in [0.5, 0.6) is 5.75 Å². The van der Waals surface area contributed by atoms with Crippen LogP contribution in [-0.4, -0.2) is 7.11 Å². The van der Waals surface area contributed by atoms with Gasteiger partial charge in [0.1, 0.15) is 5.75 Å². The van der Waals surface area contributed by atoms with Crippen molar-refractivity contribution in [2.75, 3.05) is 18.6 Å². The predicted octanol–water partition coefficient (Wildman–Crippen LogP) is 3.87. The van der Waals surface area contributed by atoms with Crippen LogP contribution in [-0.2, 0) is 6.42 Å². The van der Waals surface area contributed by atoms with Gasteiger partial charge in [0, 0.05) is 22.5 Å². The molecule has 0 aliphatic heterocycles. The molecule has 0 aliphatic carbocycles. The van der Waals surface area contributed by atoms with E-state index in [0.29, 0.717) is 0 Å². The van der Waals surface area contributed by atoms with Crippen LogP contribution in [0, 0.1) is 0 Å². The second-order valence-electron chi connectivity index (χ2n) is 4.94. The number of anilines is 2. The Bertz CT molecular complexity index is 576. The number of hydrogen-bond donors (Lipinski definition) is 2. The summed E-state index contributed by atoms with van der Waals surface area (Å²) in [6.45, 7) is 2.17. The SMILES string of the molecule is CCCCc1c(N)ccc(-c2ccc(N)cc2)c1OC. The van der Waals surface area contributed by atoms with E-state index in [2.05, 4.69) is 6.92 Å². The molecule has 0 amide bonds. The molecule has 20 heavy (non-hydrogen) atoms. The van der Waals surface area contributed by atoms with Crippen molar-refractivity contribution in [2.45, 2.75) is 26.2 Å². The van der Waals surface area contributed by atoms with Crippen molar-refractivity contribution in [3.63, 3.8) is 0 Å². The van der Waals surface area contributed by atoms with Crippen LogP contribution in [0.2, 0.25) is 0 Å². The van der Waals surface area contributed by atoms with E-state index >= 15 is 0 Å². The molecule has 2 aromatic carbocycles. The molecule has 0 unspecified atom stereocenters. The molecule has 0 fully saturated rings. The molecule has 2 rings (SSSR count). The Balaban J connectivity index is 2.50. The molecule has 0 aromatic heterocycles. The van der Waals surface area contributed by atoms with E-state index in [1.54, 1.807) is 7.11 Å². The quantitative estimate of drug-likeness (QED) is 0.811. The van der Waals surface area contributed by atoms with E-state index < -0.39 is 0 Å². The minimum atomic E-state index is 0.759. The highest BCUT2D eigenvalue weighted by Crippen LogP contribution is 2.37. The zero-order valence-corrected chi connectivity index (χ0v) is 12.1. The van der Waals surface area contributed by atoms with Gasteiger partial charge >= 0.3 is 0 Å². The van der Waals surface area contributed by atoms with Crippen LogP contribution in [0.25, 0.3) is 11.1 Å². The van der Waals surface area contributed by atoms with Gasteiger partial charge in [0.15, 0.2) is 0 Å². The maximum absolute atomic E-state index is 6.11. The van der Waals surface area contributed by atoms with Gasteiger partial charge in [-0.25, -0.2) is 0 Å². The van der Waals surface area contributed by atoms with Gasteiger partial charge in [-0.3, -0.25) is 0 Å². The van der Waals surface area contributed by atoms with Crippen LogP contribution in [0.15, 0.2) is 36.4 Å². The van der Waals surface area contributed by atoms with Gasteiger partial charge in [0.2, 0.25) is 0 Å². The third-order valence-corrected chi connectivity index (χ3v) is 3.50. The van der Waals surface area contributed by atoms with E-state index in [-0.39, 0.29) is 0 Å². The molecule has 0 atom stereocenters. The Morgan fingerprint density at radius 1 is 1.00 bits per heavy atom. The number of hydrogen-bond acceptors (Lipinski definition) is 3. The van der Waals surface area contributed by atoms with E-state index in [1.165, 1.54) is 0 Å². The number of rotatable bonds is 5. The lowest BCUT2D eigenvalue weighted by molar-refractivity contribution is 0.411. The second-order valence-corrected chi connectivity index (χ2v) is 4.94. The van der Waals surface area contributed by atoms with Crippen molar-refractivity contribution in [3.05, 3.63) is 42.0 Å². The molecule has 0 heterocycles. The van der Waals surface area contributed by atoms with Gasteiger partial charge in [-0.2, -0.15) is 0 Å². The maximum atomic E-state index is 6.11. The van der Waals surface area contributed by atoms with Crippen LogP contribution in [0.1, 0.15) is 25.3 Å². The molecule has 0 saturated heterocycles. The molecular formula is C17H22N2O. The molecule has 106 valence electrons. The Kier molecular flexibility index (Phi) is 4.51. The first-order valence-corrected chi connectivity index (χ1v) is 6.98. The van der Waals surface area contributed by atoms with Crippen molar-refractivity contribution in [2.24, 2.45) is 0 Å². The largest absolute Gasteiger partial charge is 0.496 e. The van der Waals surface area contributed by atoms with E-state index in [0.717, 1.165) is 53.1 Å². The first-order valence-electron chi connectivity index (χ1n) is 6.98. The highest BCUT2D eigenvalue weighted by Gasteiger charge is 2.13. The summed E-state index contributed by atoms with van der Waals surface area (Å²) in [7, 11) is 1.70. The van der Waals surface area contributed by atoms with Crippen molar-refractivity contribution < 1.29 is 4.74 Å². The molecule has 2 aromatic rings. The third-order valence-electron chi connectivity index (χ3n) is 3.50. The Morgan fingerprint density at radius 3 is 2.30 bits per heavy atom. The van der Waals surface area contributed by atoms with Crippen molar-refractivity contribution in [1.29, 1.82) is 0 Å². The lowest BCUT2D eigenvalue weighted by Gasteiger charge is -2.16. The predicted molar refractivity (Wildman–Crippen MR) is 85.9 cm³/mol. The molecule has 3 heteroatoms. The molecule has 0 saturated carbocycles. The highest BCUT2D eigenvalue weighted by molar-refractivity contribution is 5.77. The van der Waals surface area contributed by atoms with Crippen LogP contribution in [0.3, 0.4) is 0 Å². The lowest BCUT2D eigenvalue weighted by atomic mass is 9.97.